The van der Waals surface area contributed by atoms with Gasteiger partial charge in [0.05, 0.1) is 5.88 Å². The predicted molar refractivity (Wildman–Crippen MR) is 64.9 cm³/mol. The van der Waals surface area contributed by atoms with Gasteiger partial charge in [-0.05, 0) is 18.2 Å². The van der Waals surface area contributed by atoms with Crippen molar-refractivity contribution in [3.8, 4) is 11.8 Å². The summed E-state index contributed by atoms with van der Waals surface area (Å²) in [6.07, 6.45) is -0.578. The van der Waals surface area contributed by atoms with E-state index in [1.165, 1.54) is 0 Å². The van der Waals surface area contributed by atoms with Gasteiger partial charge in [-0.2, -0.15) is 0 Å². The summed E-state index contributed by atoms with van der Waals surface area (Å²) in [5, 5.41) is 3.05. The van der Waals surface area contributed by atoms with Crippen LogP contribution in [0.4, 0.5) is 10.5 Å². The summed E-state index contributed by atoms with van der Waals surface area (Å²) in [5.41, 5.74) is 0.572. The van der Waals surface area contributed by atoms with Gasteiger partial charge in [0.2, 0.25) is 0 Å². The van der Waals surface area contributed by atoms with E-state index >= 15 is 0 Å². The third-order valence-corrected chi connectivity index (χ3v) is 1.91. The number of carbonyl (C=O) groups is 1. The smallest absolute Gasteiger partial charge is 0.412 e. The number of nitrogens with one attached hydrogen (secondary N) is 1. The van der Waals surface area contributed by atoms with Crippen LogP contribution in [-0.4, -0.2) is 18.6 Å². The first-order valence-corrected chi connectivity index (χ1v) is 5.34. The molecule has 3 nitrogen and oxygen atoms in total. The van der Waals surface area contributed by atoms with E-state index in [2.05, 4.69) is 17.2 Å². The van der Waals surface area contributed by atoms with Crippen molar-refractivity contribution in [2.75, 3.05) is 17.8 Å². The van der Waals surface area contributed by atoms with E-state index < -0.39 is 6.09 Å². The zero-order valence-corrected chi connectivity index (χ0v) is 12.8. The average molecular weight is 349 g/mol. The molecular weight excluding hydrogens is 340 g/mol. The molecule has 1 aromatic carbocycles. The minimum Gasteiger partial charge on any atom is -0.436 e. The van der Waals surface area contributed by atoms with Gasteiger partial charge in [-0.25, -0.2) is 4.79 Å². The Morgan fingerprint density at radius 2 is 2.18 bits per heavy atom. The molecular formula is C11H9Cl2NO2Zr. The quantitative estimate of drug-likeness (QED) is 0.658. The molecule has 0 aliphatic carbocycles. The van der Waals surface area contributed by atoms with Gasteiger partial charge in [-0.1, -0.05) is 29.5 Å². The van der Waals surface area contributed by atoms with E-state index in [0.29, 0.717) is 10.7 Å². The number of amides is 1. The number of anilines is 1. The fourth-order valence-corrected chi connectivity index (χ4v) is 1.20. The number of halogens is 2. The molecule has 1 amide bonds. The van der Waals surface area contributed by atoms with Crippen LogP contribution < -0.4 is 5.32 Å². The summed E-state index contributed by atoms with van der Waals surface area (Å²) in [5.74, 6) is 5.36. The molecule has 0 aliphatic heterocycles. The van der Waals surface area contributed by atoms with Crippen LogP contribution in [0.5, 0.6) is 0 Å². The summed E-state index contributed by atoms with van der Waals surface area (Å²) >= 11 is 11.1. The van der Waals surface area contributed by atoms with E-state index in [1.807, 2.05) is 0 Å². The molecule has 0 fully saturated rings. The fraction of sp³-hybridized carbons (Fsp3) is 0.182. The fourth-order valence-electron chi connectivity index (χ4n) is 0.920. The molecule has 0 bridgehead atoms. The first-order valence-electron chi connectivity index (χ1n) is 4.43. The second kappa shape index (κ2) is 9.53. The van der Waals surface area contributed by atoms with Gasteiger partial charge in [-0.15, -0.1) is 11.6 Å². The van der Waals surface area contributed by atoms with Gasteiger partial charge in [0.15, 0.2) is 6.61 Å². The van der Waals surface area contributed by atoms with Crippen molar-refractivity contribution in [3.05, 3.63) is 29.3 Å². The molecule has 0 saturated carbocycles. The van der Waals surface area contributed by atoms with Gasteiger partial charge in [0.25, 0.3) is 0 Å². The Hall–Kier alpha value is -0.487. The maximum atomic E-state index is 11.2. The Labute approximate surface area is 129 Å². The zero-order chi connectivity index (χ0) is 11.8. The van der Waals surface area contributed by atoms with Crippen molar-refractivity contribution in [2.24, 2.45) is 0 Å². The van der Waals surface area contributed by atoms with Crippen LogP contribution in [0, 0.1) is 11.8 Å². The summed E-state index contributed by atoms with van der Waals surface area (Å²) in [6, 6.07) is 6.76. The van der Waals surface area contributed by atoms with Gasteiger partial charge in [-0.3, -0.25) is 5.32 Å². The van der Waals surface area contributed by atoms with Crippen molar-refractivity contribution in [2.45, 2.75) is 0 Å². The number of carbonyl (C=O) groups excluding carboxylic acids is 1. The molecule has 0 aromatic heterocycles. The number of hydrogen-bond donors (Lipinski definition) is 1. The van der Waals surface area contributed by atoms with Crippen molar-refractivity contribution in [1.82, 2.24) is 0 Å². The Morgan fingerprint density at radius 1 is 1.41 bits per heavy atom. The molecule has 88 valence electrons. The molecule has 6 heteroatoms. The standard InChI is InChI=1S/C11H9Cl2NO2.Zr/c12-6-1-2-7-16-11(15)14-10-5-3-4-9(13)8-10;/h3-5,8H,6-7H2,(H,14,15);. The molecule has 0 radical (unpaired) electrons. The van der Waals surface area contributed by atoms with Gasteiger partial charge >= 0.3 is 6.09 Å². The van der Waals surface area contributed by atoms with Gasteiger partial charge < -0.3 is 4.74 Å². The molecule has 1 aromatic rings. The SMILES string of the molecule is O=C(Nc1cccc(Cl)c1)OCC#CCCl.[Zr]. The first kappa shape index (κ1) is 16.5. The average Bonchev–Trinajstić information content (AvgIpc) is 2.24. The summed E-state index contributed by atoms with van der Waals surface area (Å²) in [4.78, 5) is 11.2. The Morgan fingerprint density at radius 3 is 2.82 bits per heavy atom. The summed E-state index contributed by atoms with van der Waals surface area (Å²) in [7, 11) is 0. The second-order valence-corrected chi connectivity index (χ2v) is 3.40. The number of rotatable bonds is 2. The number of ether oxygens (including phenoxy) is 1. The maximum Gasteiger partial charge on any atom is 0.412 e. The van der Waals surface area contributed by atoms with E-state index in [0.717, 1.165) is 0 Å². The van der Waals surface area contributed by atoms with E-state index in [1.54, 1.807) is 24.3 Å². The van der Waals surface area contributed by atoms with Crippen molar-refractivity contribution in [3.63, 3.8) is 0 Å². The summed E-state index contributed by atoms with van der Waals surface area (Å²) < 4.78 is 4.76. The van der Waals surface area contributed by atoms with Crippen LogP contribution in [0.15, 0.2) is 24.3 Å². The molecule has 0 heterocycles. The number of hydrogen-bond acceptors (Lipinski definition) is 2. The van der Waals surface area contributed by atoms with Crippen LogP contribution in [0.2, 0.25) is 5.02 Å². The summed E-state index contributed by atoms with van der Waals surface area (Å²) in [6.45, 7) is 0.0130. The maximum absolute atomic E-state index is 11.2. The third kappa shape index (κ3) is 7.44. The topological polar surface area (TPSA) is 38.3 Å². The molecule has 0 spiro atoms. The Balaban J connectivity index is 0.00000256. The van der Waals surface area contributed by atoms with Crippen LogP contribution in [0.1, 0.15) is 0 Å². The monoisotopic (exact) mass is 347 g/mol. The van der Waals surface area contributed by atoms with Crippen molar-refractivity contribution < 1.29 is 35.7 Å². The molecule has 17 heavy (non-hydrogen) atoms. The molecule has 1 N–H and O–H groups in total. The normalized spacial score (nSPS) is 8.35. The molecule has 0 unspecified atom stereocenters. The van der Waals surface area contributed by atoms with Gasteiger partial charge in [0.1, 0.15) is 0 Å². The van der Waals surface area contributed by atoms with Crippen LogP contribution in [-0.2, 0) is 30.9 Å². The minimum atomic E-state index is -0.578. The van der Waals surface area contributed by atoms with Gasteiger partial charge in [0, 0.05) is 36.9 Å². The Bertz CT molecular complexity index is 429. The minimum absolute atomic E-state index is 0. The molecule has 0 saturated heterocycles. The Kier molecular flexibility index (Phi) is 9.26. The predicted octanol–water partition coefficient (Wildman–Crippen LogP) is 3.13. The number of benzene rings is 1. The van der Waals surface area contributed by atoms with E-state index in [4.69, 9.17) is 27.9 Å². The third-order valence-electron chi connectivity index (χ3n) is 1.54. The largest absolute Gasteiger partial charge is 0.436 e. The molecule has 0 atom stereocenters. The second-order valence-electron chi connectivity index (χ2n) is 2.70. The van der Waals surface area contributed by atoms with Crippen LogP contribution in [0.25, 0.3) is 0 Å². The molecule has 1 rings (SSSR count). The van der Waals surface area contributed by atoms with E-state index in [-0.39, 0.29) is 38.7 Å². The van der Waals surface area contributed by atoms with Crippen molar-refractivity contribution in [1.29, 1.82) is 0 Å². The zero-order valence-electron chi connectivity index (χ0n) is 8.80. The van der Waals surface area contributed by atoms with Crippen LogP contribution >= 0.6 is 23.2 Å². The van der Waals surface area contributed by atoms with E-state index in [9.17, 15) is 4.79 Å². The number of alkyl halides is 1. The van der Waals surface area contributed by atoms with Crippen molar-refractivity contribution >= 4 is 35.0 Å². The van der Waals surface area contributed by atoms with Crippen LogP contribution in [0.3, 0.4) is 0 Å². The first-order chi connectivity index (χ1) is 7.72. The molecule has 0 aliphatic rings.